The number of amides is 2. The van der Waals surface area contributed by atoms with Gasteiger partial charge in [-0.1, -0.05) is 48.0 Å². The summed E-state index contributed by atoms with van der Waals surface area (Å²) in [5, 5.41) is 9.08. The van der Waals surface area contributed by atoms with Gasteiger partial charge in [0.05, 0.1) is 18.7 Å². The molecule has 0 aliphatic heterocycles. The van der Waals surface area contributed by atoms with Gasteiger partial charge in [-0.2, -0.15) is 0 Å². The lowest BCUT2D eigenvalue weighted by molar-refractivity contribution is -0.114. The van der Waals surface area contributed by atoms with Crippen LogP contribution in [0, 0.1) is 0 Å². The van der Waals surface area contributed by atoms with E-state index >= 15 is 0 Å². The quantitative estimate of drug-likeness (QED) is 0.504. The summed E-state index contributed by atoms with van der Waals surface area (Å²) in [4.78, 5) is 24.6. The molecule has 0 heterocycles. The SMILES string of the molecule is COc1ccc(NC(=O)CNc2cccc(C(=O)NCc3ccccc3)c2)cc1Cl. The third kappa shape index (κ3) is 5.99. The summed E-state index contributed by atoms with van der Waals surface area (Å²) in [5.41, 5.74) is 2.78. The Balaban J connectivity index is 1.52. The molecule has 154 valence electrons. The number of methoxy groups -OCH3 is 1. The average Bonchev–Trinajstić information content (AvgIpc) is 2.77. The van der Waals surface area contributed by atoms with E-state index in [0.717, 1.165) is 5.56 Å². The van der Waals surface area contributed by atoms with E-state index in [1.54, 1.807) is 42.5 Å². The van der Waals surface area contributed by atoms with Gasteiger partial charge in [-0.25, -0.2) is 0 Å². The van der Waals surface area contributed by atoms with Crippen LogP contribution in [-0.2, 0) is 11.3 Å². The Kier molecular flexibility index (Phi) is 7.29. The van der Waals surface area contributed by atoms with Gasteiger partial charge in [-0.15, -0.1) is 0 Å². The van der Waals surface area contributed by atoms with Gasteiger partial charge in [0.25, 0.3) is 5.91 Å². The average molecular weight is 424 g/mol. The van der Waals surface area contributed by atoms with Crippen molar-refractivity contribution in [1.29, 1.82) is 0 Å². The highest BCUT2D eigenvalue weighted by Gasteiger charge is 2.08. The number of hydrogen-bond donors (Lipinski definition) is 3. The summed E-state index contributed by atoms with van der Waals surface area (Å²) in [7, 11) is 1.53. The van der Waals surface area contributed by atoms with Gasteiger partial charge in [0, 0.05) is 23.5 Å². The number of halogens is 1. The van der Waals surface area contributed by atoms with Crippen molar-refractivity contribution < 1.29 is 14.3 Å². The van der Waals surface area contributed by atoms with Crippen LogP contribution in [0.4, 0.5) is 11.4 Å². The predicted octanol–water partition coefficient (Wildman–Crippen LogP) is 4.33. The van der Waals surface area contributed by atoms with Crippen LogP contribution < -0.4 is 20.7 Å². The standard InChI is InChI=1S/C23H22ClN3O3/c1-30-21-11-10-19(13-20(21)24)27-22(28)15-25-18-9-5-8-17(12-18)23(29)26-14-16-6-3-2-4-7-16/h2-13,25H,14-15H2,1H3,(H,26,29)(H,27,28). The van der Waals surface area contributed by atoms with Crippen LogP contribution in [-0.4, -0.2) is 25.5 Å². The summed E-state index contributed by atoms with van der Waals surface area (Å²) < 4.78 is 5.09. The molecule has 0 saturated carbocycles. The van der Waals surface area contributed by atoms with Crippen LogP contribution >= 0.6 is 11.6 Å². The lowest BCUT2D eigenvalue weighted by Crippen LogP contribution is -2.23. The highest BCUT2D eigenvalue weighted by atomic mass is 35.5. The molecule has 30 heavy (non-hydrogen) atoms. The van der Waals surface area contributed by atoms with Crippen LogP contribution in [0.2, 0.25) is 5.02 Å². The molecule has 3 rings (SSSR count). The minimum Gasteiger partial charge on any atom is -0.495 e. The van der Waals surface area contributed by atoms with E-state index in [1.165, 1.54) is 7.11 Å². The predicted molar refractivity (Wildman–Crippen MR) is 119 cm³/mol. The molecule has 0 unspecified atom stereocenters. The Bertz CT molecular complexity index is 1030. The second kappa shape index (κ2) is 10.3. The zero-order chi connectivity index (χ0) is 21.3. The zero-order valence-electron chi connectivity index (χ0n) is 16.4. The number of ether oxygens (including phenoxy) is 1. The highest BCUT2D eigenvalue weighted by Crippen LogP contribution is 2.27. The Hall–Kier alpha value is -3.51. The minimum atomic E-state index is -0.241. The molecule has 0 atom stereocenters. The first-order valence-electron chi connectivity index (χ1n) is 9.34. The van der Waals surface area contributed by atoms with Gasteiger partial charge in [0.15, 0.2) is 0 Å². The smallest absolute Gasteiger partial charge is 0.251 e. The molecule has 0 aromatic heterocycles. The van der Waals surface area contributed by atoms with Gasteiger partial charge >= 0.3 is 0 Å². The van der Waals surface area contributed by atoms with Crippen LogP contribution in [0.25, 0.3) is 0 Å². The van der Waals surface area contributed by atoms with Crippen molar-refractivity contribution in [1.82, 2.24) is 5.32 Å². The summed E-state index contributed by atoms with van der Waals surface area (Å²) in [6, 6.07) is 21.7. The number of anilines is 2. The monoisotopic (exact) mass is 423 g/mol. The molecule has 7 heteroatoms. The molecule has 0 aliphatic rings. The van der Waals surface area contributed by atoms with Crippen LogP contribution in [0.5, 0.6) is 5.75 Å². The Labute approximate surface area is 180 Å². The maximum atomic E-state index is 12.4. The van der Waals surface area contributed by atoms with Gasteiger partial charge in [0.2, 0.25) is 5.91 Å². The van der Waals surface area contributed by atoms with E-state index in [0.29, 0.717) is 34.3 Å². The topological polar surface area (TPSA) is 79.5 Å². The molecule has 0 bridgehead atoms. The second-order valence-corrected chi connectivity index (χ2v) is 6.91. The summed E-state index contributed by atoms with van der Waals surface area (Å²) in [5.74, 6) is 0.116. The number of carbonyl (C=O) groups excluding carboxylic acids is 2. The fourth-order valence-electron chi connectivity index (χ4n) is 2.78. The minimum absolute atomic E-state index is 0.0404. The number of rotatable bonds is 8. The number of hydrogen-bond acceptors (Lipinski definition) is 4. The Morgan fingerprint density at radius 1 is 0.933 bits per heavy atom. The summed E-state index contributed by atoms with van der Waals surface area (Å²) in [6.45, 7) is 0.489. The lowest BCUT2D eigenvalue weighted by Gasteiger charge is -2.11. The third-order valence-corrected chi connectivity index (χ3v) is 4.60. The fraction of sp³-hybridized carbons (Fsp3) is 0.130. The van der Waals surface area contributed by atoms with E-state index < -0.39 is 0 Å². The largest absolute Gasteiger partial charge is 0.495 e. The maximum absolute atomic E-state index is 12.4. The van der Waals surface area contributed by atoms with E-state index in [9.17, 15) is 9.59 Å². The van der Waals surface area contributed by atoms with Crippen molar-refractivity contribution >= 4 is 34.8 Å². The Morgan fingerprint density at radius 2 is 1.73 bits per heavy atom. The van der Waals surface area contributed by atoms with Gasteiger partial charge < -0.3 is 20.7 Å². The van der Waals surface area contributed by atoms with E-state index in [1.807, 2.05) is 30.3 Å². The molecule has 0 radical (unpaired) electrons. The summed E-state index contributed by atoms with van der Waals surface area (Å²) >= 11 is 6.07. The molecule has 0 spiro atoms. The van der Waals surface area contributed by atoms with Crippen molar-refractivity contribution in [3.63, 3.8) is 0 Å². The van der Waals surface area contributed by atoms with Crippen LogP contribution in [0.1, 0.15) is 15.9 Å². The first-order valence-corrected chi connectivity index (χ1v) is 9.72. The maximum Gasteiger partial charge on any atom is 0.251 e. The summed E-state index contributed by atoms with van der Waals surface area (Å²) in [6.07, 6.45) is 0. The van der Waals surface area contributed by atoms with Gasteiger partial charge in [-0.3, -0.25) is 9.59 Å². The molecular weight excluding hydrogens is 402 g/mol. The molecule has 3 N–H and O–H groups in total. The van der Waals surface area contributed by atoms with Crippen molar-refractivity contribution in [3.05, 3.63) is 88.9 Å². The fourth-order valence-corrected chi connectivity index (χ4v) is 3.04. The molecule has 3 aromatic rings. The second-order valence-electron chi connectivity index (χ2n) is 6.50. The number of nitrogens with one attached hydrogen (secondary N) is 3. The van der Waals surface area contributed by atoms with E-state index in [-0.39, 0.29) is 18.4 Å². The molecule has 3 aromatic carbocycles. The zero-order valence-corrected chi connectivity index (χ0v) is 17.2. The Morgan fingerprint density at radius 3 is 2.47 bits per heavy atom. The highest BCUT2D eigenvalue weighted by molar-refractivity contribution is 6.32. The first-order chi connectivity index (χ1) is 14.5. The molecule has 0 fully saturated rings. The van der Waals surface area contributed by atoms with Crippen molar-refractivity contribution in [2.24, 2.45) is 0 Å². The van der Waals surface area contributed by atoms with Crippen molar-refractivity contribution in [2.45, 2.75) is 6.54 Å². The van der Waals surface area contributed by atoms with Crippen molar-refractivity contribution in [2.75, 3.05) is 24.3 Å². The number of carbonyl (C=O) groups is 2. The van der Waals surface area contributed by atoms with Gasteiger partial charge in [-0.05, 0) is 42.0 Å². The van der Waals surface area contributed by atoms with Crippen LogP contribution in [0.15, 0.2) is 72.8 Å². The van der Waals surface area contributed by atoms with E-state index in [4.69, 9.17) is 16.3 Å². The first kappa shape index (κ1) is 21.2. The van der Waals surface area contributed by atoms with Crippen LogP contribution in [0.3, 0.4) is 0 Å². The third-order valence-electron chi connectivity index (χ3n) is 4.31. The van der Waals surface area contributed by atoms with Gasteiger partial charge in [0.1, 0.15) is 5.75 Å². The molecule has 6 nitrogen and oxygen atoms in total. The molecule has 0 aliphatic carbocycles. The molecule has 2 amide bonds. The normalized spacial score (nSPS) is 10.2. The lowest BCUT2D eigenvalue weighted by atomic mass is 10.1. The van der Waals surface area contributed by atoms with E-state index in [2.05, 4.69) is 16.0 Å². The molecular formula is C23H22ClN3O3. The molecule has 0 saturated heterocycles. The van der Waals surface area contributed by atoms with Crippen molar-refractivity contribution in [3.8, 4) is 5.75 Å². The number of benzene rings is 3.